The smallest absolute Gasteiger partial charge is 0.326 e. The summed E-state index contributed by atoms with van der Waals surface area (Å²) in [5.41, 5.74) is 5.12. The molecule has 1 rings (SSSR count). The van der Waals surface area contributed by atoms with Gasteiger partial charge in [-0.25, -0.2) is 14.0 Å². The van der Waals surface area contributed by atoms with Crippen LogP contribution in [-0.2, 0) is 16.1 Å². The van der Waals surface area contributed by atoms with Crippen molar-refractivity contribution in [1.29, 1.82) is 0 Å². The van der Waals surface area contributed by atoms with E-state index in [-0.39, 0.29) is 12.1 Å². The highest BCUT2D eigenvalue weighted by molar-refractivity contribution is 5.87. The summed E-state index contributed by atoms with van der Waals surface area (Å²) in [6, 6.07) is 3.57. The molecule has 0 aliphatic rings. The summed E-state index contributed by atoms with van der Waals surface area (Å²) in [4.78, 5) is 32.9. The zero-order valence-corrected chi connectivity index (χ0v) is 10.4. The Hall–Kier alpha value is -2.64. The normalized spacial score (nSPS) is 11.4. The molecule has 1 aromatic rings. The second-order valence-corrected chi connectivity index (χ2v) is 3.98. The van der Waals surface area contributed by atoms with Crippen LogP contribution in [0.1, 0.15) is 12.0 Å². The van der Waals surface area contributed by atoms with Gasteiger partial charge in [0.05, 0.1) is 6.42 Å². The van der Waals surface area contributed by atoms with Crippen molar-refractivity contribution in [2.45, 2.75) is 19.0 Å². The number of urea groups is 1. The lowest BCUT2D eigenvalue weighted by Gasteiger charge is -2.13. The SMILES string of the molecule is NC(=O)C[C@@H](NC(=O)NCc1ccccc1F)C(=O)O. The fourth-order valence-electron chi connectivity index (χ4n) is 1.43. The monoisotopic (exact) mass is 283 g/mol. The molecule has 0 saturated carbocycles. The van der Waals surface area contributed by atoms with E-state index in [1.54, 1.807) is 6.07 Å². The average Bonchev–Trinajstić information content (AvgIpc) is 2.36. The van der Waals surface area contributed by atoms with Crippen molar-refractivity contribution in [3.8, 4) is 0 Å². The number of nitrogens with one attached hydrogen (secondary N) is 2. The molecule has 0 aromatic heterocycles. The van der Waals surface area contributed by atoms with Crippen molar-refractivity contribution in [1.82, 2.24) is 10.6 Å². The second kappa shape index (κ2) is 7.07. The fraction of sp³-hybridized carbons (Fsp3) is 0.250. The molecular formula is C12H14FN3O4. The first-order chi connectivity index (χ1) is 9.40. The summed E-state index contributed by atoms with van der Waals surface area (Å²) < 4.78 is 13.3. The largest absolute Gasteiger partial charge is 0.480 e. The number of carboxylic acids is 1. The maximum Gasteiger partial charge on any atom is 0.326 e. The second-order valence-electron chi connectivity index (χ2n) is 3.98. The van der Waals surface area contributed by atoms with Crippen LogP contribution < -0.4 is 16.4 Å². The first kappa shape index (κ1) is 15.4. The predicted molar refractivity (Wildman–Crippen MR) is 67.0 cm³/mol. The summed E-state index contributed by atoms with van der Waals surface area (Å²) in [6.07, 6.45) is -0.525. The first-order valence-electron chi connectivity index (χ1n) is 5.69. The number of carbonyl (C=O) groups excluding carboxylic acids is 2. The maximum absolute atomic E-state index is 13.3. The van der Waals surface area contributed by atoms with Crippen LogP contribution in [0.3, 0.4) is 0 Å². The lowest BCUT2D eigenvalue weighted by Crippen LogP contribution is -2.47. The minimum atomic E-state index is -1.42. The van der Waals surface area contributed by atoms with Gasteiger partial charge in [0.1, 0.15) is 11.9 Å². The lowest BCUT2D eigenvalue weighted by molar-refractivity contribution is -0.140. The highest BCUT2D eigenvalue weighted by atomic mass is 19.1. The minimum absolute atomic E-state index is 0.110. The molecule has 5 N–H and O–H groups in total. The van der Waals surface area contributed by atoms with Gasteiger partial charge in [0.15, 0.2) is 0 Å². The molecular weight excluding hydrogens is 269 g/mol. The molecule has 0 saturated heterocycles. The minimum Gasteiger partial charge on any atom is -0.480 e. The van der Waals surface area contributed by atoms with Crippen LogP contribution in [0, 0.1) is 5.82 Å². The fourth-order valence-corrected chi connectivity index (χ4v) is 1.43. The number of benzene rings is 1. The Morgan fingerprint density at radius 2 is 1.95 bits per heavy atom. The highest BCUT2D eigenvalue weighted by Crippen LogP contribution is 2.05. The van der Waals surface area contributed by atoms with Crippen molar-refractivity contribution in [3.63, 3.8) is 0 Å². The summed E-state index contributed by atoms with van der Waals surface area (Å²) in [5.74, 6) is -2.73. The number of nitrogens with two attached hydrogens (primary N) is 1. The van der Waals surface area contributed by atoms with E-state index in [1.165, 1.54) is 18.2 Å². The van der Waals surface area contributed by atoms with Gasteiger partial charge in [0.2, 0.25) is 5.91 Å². The van der Waals surface area contributed by atoms with E-state index in [9.17, 15) is 18.8 Å². The zero-order valence-electron chi connectivity index (χ0n) is 10.4. The van der Waals surface area contributed by atoms with Crippen molar-refractivity contribution in [2.24, 2.45) is 5.73 Å². The van der Waals surface area contributed by atoms with Crippen LogP contribution in [-0.4, -0.2) is 29.1 Å². The molecule has 0 heterocycles. The molecule has 0 unspecified atom stereocenters. The van der Waals surface area contributed by atoms with Crippen molar-refractivity contribution in [3.05, 3.63) is 35.6 Å². The maximum atomic E-state index is 13.3. The number of hydrogen-bond donors (Lipinski definition) is 4. The summed E-state index contributed by atoms with van der Waals surface area (Å²) in [6.45, 7) is -0.110. The van der Waals surface area contributed by atoms with Gasteiger partial charge in [-0.3, -0.25) is 4.79 Å². The summed E-state index contributed by atoms with van der Waals surface area (Å²) in [5, 5.41) is 13.1. The van der Waals surface area contributed by atoms with Crippen LogP contribution in [0.25, 0.3) is 0 Å². The first-order valence-corrected chi connectivity index (χ1v) is 5.69. The van der Waals surface area contributed by atoms with Gasteiger partial charge in [-0.05, 0) is 6.07 Å². The van der Waals surface area contributed by atoms with Crippen LogP contribution in [0.15, 0.2) is 24.3 Å². The molecule has 0 spiro atoms. The molecule has 0 aliphatic heterocycles. The molecule has 0 aliphatic carbocycles. The molecule has 3 amide bonds. The number of aliphatic carboxylic acids is 1. The molecule has 1 aromatic carbocycles. The van der Waals surface area contributed by atoms with Gasteiger partial charge in [-0.2, -0.15) is 0 Å². The van der Waals surface area contributed by atoms with E-state index in [0.717, 1.165) is 0 Å². The Morgan fingerprint density at radius 3 is 2.50 bits per heavy atom. The average molecular weight is 283 g/mol. The van der Waals surface area contributed by atoms with E-state index in [1.807, 2.05) is 0 Å². The van der Waals surface area contributed by atoms with E-state index in [2.05, 4.69) is 10.6 Å². The Bertz CT molecular complexity index is 521. The van der Waals surface area contributed by atoms with Crippen molar-refractivity contribution in [2.75, 3.05) is 0 Å². The zero-order chi connectivity index (χ0) is 15.1. The predicted octanol–water partition coefficient (Wildman–Crippen LogP) is -0.0465. The molecule has 20 heavy (non-hydrogen) atoms. The highest BCUT2D eigenvalue weighted by Gasteiger charge is 2.21. The number of carbonyl (C=O) groups is 3. The molecule has 7 nitrogen and oxygen atoms in total. The van der Waals surface area contributed by atoms with Crippen molar-refractivity contribution >= 4 is 17.9 Å². The third kappa shape index (κ3) is 4.92. The van der Waals surface area contributed by atoms with Gasteiger partial charge in [0.25, 0.3) is 0 Å². The van der Waals surface area contributed by atoms with Gasteiger partial charge >= 0.3 is 12.0 Å². The van der Waals surface area contributed by atoms with E-state index < -0.39 is 36.2 Å². The van der Waals surface area contributed by atoms with Crippen LogP contribution in [0.4, 0.5) is 9.18 Å². The Morgan fingerprint density at radius 1 is 1.30 bits per heavy atom. The van der Waals surface area contributed by atoms with E-state index >= 15 is 0 Å². The Balaban J connectivity index is 2.52. The van der Waals surface area contributed by atoms with Gasteiger partial charge in [0, 0.05) is 12.1 Å². The Labute approximate surface area is 114 Å². The number of rotatable bonds is 6. The van der Waals surface area contributed by atoms with Crippen molar-refractivity contribution < 1.29 is 23.9 Å². The molecule has 1 atom stereocenters. The molecule has 0 radical (unpaired) electrons. The number of amides is 3. The number of carboxylic acid groups (broad SMARTS) is 1. The molecule has 8 heteroatoms. The van der Waals surface area contributed by atoms with Gasteiger partial charge in [-0.15, -0.1) is 0 Å². The van der Waals surface area contributed by atoms with Gasteiger partial charge in [-0.1, -0.05) is 18.2 Å². The van der Waals surface area contributed by atoms with E-state index in [0.29, 0.717) is 0 Å². The summed E-state index contributed by atoms with van der Waals surface area (Å²) in [7, 11) is 0. The number of halogens is 1. The lowest BCUT2D eigenvalue weighted by atomic mass is 10.2. The standard InChI is InChI=1S/C12H14FN3O4/c13-8-4-2-1-3-7(8)6-15-12(20)16-9(11(18)19)5-10(14)17/h1-4,9H,5-6H2,(H2,14,17)(H,18,19)(H2,15,16,20)/t9-/m1/s1. The van der Waals surface area contributed by atoms with E-state index in [4.69, 9.17) is 10.8 Å². The quantitative estimate of drug-likeness (QED) is 0.585. The number of hydrogen-bond acceptors (Lipinski definition) is 3. The molecule has 0 fully saturated rings. The third-order valence-electron chi connectivity index (χ3n) is 2.41. The van der Waals surface area contributed by atoms with Crippen LogP contribution >= 0.6 is 0 Å². The molecule has 108 valence electrons. The topological polar surface area (TPSA) is 122 Å². The van der Waals surface area contributed by atoms with Crippen LogP contribution in [0.5, 0.6) is 0 Å². The molecule has 0 bridgehead atoms. The third-order valence-corrected chi connectivity index (χ3v) is 2.41. The van der Waals surface area contributed by atoms with Crippen LogP contribution in [0.2, 0.25) is 0 Å². The van der Waals surface area contributed by atoms with Gasteiger partial charge < -0.3 is 21.5 Å². The Kier molecular flexibility index (Phi) is 5.45. The number of primary amides is 1. The summed E-state index contributed by atoms with van der Waals surface area (Å²) >= 11 is 0.